The van der Waals surface area contributed by atoms with Gasteiger partial charge in [-0.05, 0) is 17.5 Å². The van der Waals surface area contributed by atoms with Crippen LogP contribution in [0.15, 0.2) is 39.5 Å². The number of aliphatic imine (C=N–C) groups is 1. The molecule has 0 aromatic heterocycles. The van der Waals surface area contributed by atoms with Crippen LogP contribution >= 0.6 is 0 Å². The van der Waals surface area contributed by atoms with E-state index >= 15 is 0 Å². The molecule has 0 bridgehead atoms. The van der Waals surface area contributed by atoms with Crippen molar-refractivity contribution in [3.8, 4) is 0 Å². The maximum Gasteiger partial charge on any atom is 0.237 e. The first-order chi connectivity index (χ1) is 8.79. The predicted molar refractivity (Wildman–Crippen MR) is 69.3 cm³/mol. The lowest BCUT2D eigenvalue weighted by atomic mass is 10.1. The number of hydrogen-bond donors (Lipinski definition) is 0. The second-order valence-corrected chi connectivity index (χ2v) is 4.63. The van der Waals surface area contributed by atoms with E-state index in [0.717, 1.165) is 12.8 Å². The largest absolute Gasteiger partial charge is 0.237 e. The molecule has 1 aromatic rings. The lowest BCUT2D eigenvalue weighted by molar-refractivity contribution is 0.437. The molecule has 0 heterocycles. The van der Waals surface area contributed by atoms with E-state index in [-0.39, 0.29) is 0 Å². The van der Waals surface area contributed by atoms with E-state index in [2.05, 4.69) is 34.3 Å². The molecule has 0 radical (unpaired) electrons. The average molecular weight is 243 g/mol. The second-order valence-electron chi connectivity index (χ2n) is 4.63. The van der Waals surface area contributed by atoms with Crippen LogP contribution in [0.25, 0.3) is 0 Å². The van der Waals surface area contributed by atoms with Crippen LogP contribution in [0.2, 0.25) is 0 Å². The number of nitrogens with zero attached hydrogens (tertiary/aromatic N) is 3. The minimum absolute atomic E-state index is 0.647. The monoisotopic (exact) mass is 243 g/mol. The molecule has 0 amide bonds. The number of azo groups is 1. The Labute approximate surface area is 107 Å². The number of unbranched alkanes of at least 4 members (excludes halogenated alkanes) is 1. The molecule has 0 aliphatic heterocycles. The van der Waals surface area contributed by atoms with Gasteiger partial charge in [0, 0.05) is 12.8 Å². The van der Waals surface area contributed by atoms with Gasteiger partial charge >= 0.3 is 0 Å². The SMILES string of the molecule is CCCCN=NC1(N=C=O)Cc2ccccc2C1. The van der Waals surface area contributed by atoms with Crippen molar-refractivity contribution in [1.82, 2.24) is 0 Å². The molecular weight excluding hydrogens is 226 g/mol. The molecule has 1 aliphatic rings. The minimum atomic E-state index is -0.737. The van der Waals surface area contributed by atoms with Gasteiger partial charge in [0.05, 0.1) is 6.54 Å². The molecule has 2 rings (SSSR count). The fraction of sp³-hybridized carbons (Fsp3) is 0.500. The maximum absolute atomic E-state index is 10.6. The predicted octanol–water partition coefficient (Wildman–Crippen LogP) is 3.07. The summed E-state index contributed by atoms with van der Waals surface area (Å²) in [6, 6.07) is 8.10. The van der Waals surface area contributed by atoms with Gasteiger partial charge in [0.15, 0.2) is 5.66 Å². The summed E-state index contributed by atoms with van der Waals surface area (Å²) in [5.41, 5.74) is 1.66. The summed E-state index contributed by atoms with van der Waals surface area (Å²) in [5.74, 6) is 0. The number of isocyanates is 1. The van der Waals surface area contributed by atoms with Crippen molar-refractivity contribution in [2.75, 3.05) is 6.54 Å². The highest BCUT2D eigenvalue weighted by atomic mass is 16.1. The minimum Gasteiger partial charge on any atom is -0.211 e. The first-order valence-corrected chi connectivity index (χ1v) is 6.34. The molecular formula is C14H17N3O. The van der Waals surface area contributed by atoms with Gasteiger partial charge in [-0.15, -0.1) is 0 Å². The van der Waals surface area contributed by atoms with Crippen LogP contribution in [0.1, 0.15) is 30.9 Å². The Morgan fingerprint density at radius 3 is 2.50 bits per heavy atom. The van der Waals surface area contributed by atoms with Crippen LogP contribution in [-0.4, -0.2) is 18.3 Å². The van der Waals surface area contributed by atoms with Gasteiger partial charge in [0.25, 0.3) is 0 Å². The summed E-state index contributed by atoms with van der Waals surface area (Å²) in [7, 11) is 0. The molecule has 94 valence electrons. The molecule has 1 aromatic carbocycles. The van der Waals surface area contributed by atoms with E-state index in [9.17, 15) is 4.79 Å². The molecule has 0 N–H and O–H groups in total. The third-order valence-electron chi connectivity index (χ3n) is 3.19. The standard InChI is InChI=1S/C14H17N3O/c1-2-3-8-16-17-14(15-11-18)9-12-6-4-5-7-13(12)10-14/h4-7H,2-3,8-10H2,1H3. The maximum atomic E-state index is 10.6. The number of hydrogen-bond acceptors (Lipinski definition) is 4. The number of rotatable bonds is 5. The van der Waals surface area contributed by atoms with Crippen LogP contribution in [0.4, 0.5) is 0 Å². The molecule has 4 heteroatoms. The summed E-state index contributed by atoms with van der Waals surface area (Å²) in [5, 5.41) is 8.46. The van der Waals surface area contributed by atoms with Gasteiger partial charge in [-0.1, -0.05) is 37.6 Å². The Kier molecular flexibility index (Phi) is 4.00. The van der Waals surface area contributed by atoms with Gasteiger partial charge in [-0.2, -0.15) is 15.2 Å². The Morgan fingerprint density at radius 2 is 1.94 bits per heavy atom. The van der Waals surface area contributed by atoms with Crippen molar-refractivity contribution in [2.45, 2.75) is 38.3 Å². The third kappa shape index (κ3) is 2.71. The fourth-order valence-corrected chi connectivity index (χ4v) is 2.24. The molecule has 0 spiro atoms. The van der Waals surface area contributed by atoms with Gasteiger partial charge in [0.1, 0.15) is 0 Å². The number of benzene rings is 1. The van der Waals surface area contributed by atoms with Crippen molar-refractivity contribution in [3.05, 3.63) is 35.4 Å². The first kappa shape index (κ1) is 12.7. The molecule has 0 atom stereocenters. The molecule has 18 heavy (non-hydrogen) atoms. The first-order valence-electron chi connectivity index (χ1n) is 6.34. The lowest BCUT2D eigenvalue weighted by Crippen LogP contribution is -2.23. The van der Waals surface area contributed by atoms with E-state index in [4.69, 9.17) is 0 Å². The highest BCUT2D eigenvalue weighted by Gasteiger charge is 2.37. The molecule has 0 saturated carbocycles. The Morgan fingerprint density at radius 1 is 1.28 bits per heavy atom. The van der Waals surface area contributed by atoms with E-state index in [1.165, 1.54) is 11.1 Å². The van der Waals surface area contributed by atoms with Crippen molar-refractivity contribution in [3.63, 3.8) is 0 Å². The zero-order chi connectivity index (χ0) is 12.8. The fourth-order valence-electron chi connectivity index (χ4n) is 2.24. The molecule has 1 aliphatic carbocycles. The van der Waals surface area contributed by atoms with Crippen LogP contribution in [-0.2, 0) is 17.6 Å². The summed E-state index contributed by atoms with van der Waals surface area (Å²) in [6.07, 6.45) is 5.04. The highest BCUT2D eigenvalue weighted by Crippen LogP contribution is 2.34. The number of carbonyl (C=O) groups excluding carboxylic acids is 1. The Hall–Kier alpha value is -1.80. The summed E-state index contributed by atoms with van der Waals surface area (Å²) >= 11 is 0. The van der Waals surface area contributed by atoms with Crippen molar-refractivity contribution < 1.29 is 4.79 Å². The molecule has 4 nitrogen and oxygen atoms in total. The highest BCUT2D eigenvalue weighted by molar-refractivity contribution is 5.41. The molecule has 0 unspecified atom stereocenters. The molecule has 0 saturated heterocycles. The van der Waals surface area contributed by atoms with Gasteiger partial charge in [0.2, 0.25) is 6.08 Å². The zero-order valence-corrected chi connectivity index (χ0v) is 10.6. The smallest absolute Gasteiger partial charge is 0.211 e. The van der Waals surface area contributed by atoms with Crippen LogP contribution in [0, 0.1) is 0 Å². The van der Waals surface area contributed by atoms with E-state index in [1.54, 1.807) is 6.08 Å². The Bertz CT molecular complexity index is 465. The summed E-state index contributed by atoms with van der Waals surface area (Å²) < 4.78 is 0. The second kappa shape index (κ2) is 5.69. The molecule has 0 fully saturated rings. The van der Waals surface area contributed by atoms with E-state index in [0.29, 0.717) is 19.4 Å². The summed E-state index contributed by atoms with van der Waals surface area (Å²) in [4.78, 5) is 14.5. The van der Waals surface area contributed by atoms with Crippen molar-refractivity contribution in [2.24, 2.45) is 15.2 Å². The van der Waals surface area contributed by atoms with Gasteiger partial charge < -0.3 is 0 Å². The van der Waals surface area contributed by atoms with Crippen LogP contribution < -0.4 is 0 Å². The van der Waals surface area contributed by atoms with Crippen LogP contribution in [0.3, 0.4) is 0 Å². The van der Waals surface area contributed by atoms with E-state index in [1.807, 2.05) is 12.1 Å². The van der Waals surface area contributed by atoms with Crippen molar-refractivity contribution >= 4 is 6.08 Å². The average Bonchev–Trinajstić information content (AvgIpc) is 2.73. The summed E-state index contributed by atoms with van der Waals surface area (Å²) in [6.45, 7) is 2.81. The Balaban J connectivity index is 2.17. The topological polar surface area (TPSA) is 54.1 Å². The third-order valence-corrected chi connectivity index (χ3v) is 3.19. The lowest BCUT2D eigenvalue weighted by Gasteiger charge is -2.14. The van der Waals surface area contributed by atoms with Gasteiger partial charge in [-0.25, -0.2) is 4.79 Å². The normalized spacial score (nSPS) is 16.5. The van der Waals surface area contributed by atoms with Crippen LogP contribution in [0.5, 0.6) is 0 Å². The van der Waals surface area contributed by atoms with Gasteiger partial charge in [-0.3, -0.25) is 0 Å². The quantitative estimate of drug-likeness (QED) is 0.339. The number of fused-ring (bicyclic) bond motifs is 1. The zero-order valence-electron chi connectivity index (χ0n) is 10.6. The van der Waals surface area contributed by atoms with Crippen molar-refractivity contribution in [1.29, 1.82) is 0 Å². The van der Waals surface area contributed by atoms with E-state index < -0.39 is 5.66 Å².